The molecule has 0 saturated carbocycles. The van der Waals surface area contributed by atoms with Gasteiger partial charge >= 0.3 is 0 Å². The van der Waals surface area contributed by atoms with Gasteiger partial charge in [0.2, 0.25) is 5.78 Å². The van der Waals surface area contributed by atoms with Crippen molar-refractivity contribution in [1.82, 2.24) is 0 Å². The predicted molar refractivity (Wildman–Crippen MR) is 83.5 cm³/mol. The molecule has 0 atom stereocenters. The van der Waals surface area contributed by atoms with Crippen molar-refractivity contribution in [3.8, 4) is 17.2 Å². The highest BCUT2D eigenvalue weighted by molar-refractivity contribution is 6.14. The highest BCUT2D eigenvalue weighted by atomic mass is 16.5. The highest BCUT2D eigenvalue weighted by Gasteiger charge is 2.27. The van der Waals surface area contributed by atoms with Crippen LogP contribution in [0.15, 0.2) is 48.2 Å². The number of Topliss-reactive ketones (excluding diaryl/α,β-unsaturated/α-hetero) is 1. The summed E-state index contributed by atoms with van der Waals surface area (Å²) in [5.41, 5.74) is 1.43. The lowest BCUT2D eigenvalue weighted by Crippen LogP contribution is -1.98. The van der Waals surface area contributed by atoms with Gasteiger partial charge in [-0.1, -0.05) is 12.1 Å². The summed E-state index contributed by atoms with van der Waals surface area (Å²) in [5, 5.41) is 0. The van der Waals surface area contributed by atoms with Gasteiger partial charge in [-0.3, -0.25) is 4.79 Å². The van der Waals surface area contributed by atoms with Crippen LogP contribution in [-0.4, -0.2) is 19.5 Å². The van der Waals surface area contributed by atoms with E-state index in [1.807, 2.05) is 31.2 Å². The summed E-state index contributed by atoms with van der Waals surface area (Å²) in [6, 6.07) is 12.7. The van der Waals surface area contributed by atoms with Gasteiger partial charge in [0.25, 0.3) is 0 Å². The van der Waals surface area contributed by atoms with Crippen LogP contribution in [0.4, 0.5) is 0 Å². The Morgan fingerprint density at radius 3 is 2.50 bits per heavy atom. The van der Waals surface area contributed by atoms with Gasteiger partial charge in [0.1, 0.15) is 17.2 Å². The predicted octanol–water partition coefficient (Wildman–Crippen LogP) is 3.71. The van der Waals surface area contributed by atoms with E-state index in [9.17, 15) is 4.79 Å². The Balaban J connectivity index is 1.85. The molecule has 1 heterocycles. The van der Waals surface area contributed by atoms with Crippen LogP contribution >= 0.6 is 0 Å². The van der Waals surface area contributed by atoms with E-state index in [4.69, 9.17) is 14.2 Å². The second-order valence-corrected chi connectivity index (χ2v) is 4.80. The molecule has 0 spiro atoms. The third-order valence-corrected chi connectivity index (χ3v) is 3.37. The zero-order chi connectivity index (χ0) is 15.5. The summed E-state index contributed by atoms with van der Waals surface area (Å²) in [6.45, 7) is 2.56. The molecule has 2 aromatic rings. The van der Waals surface area contributed by atoms with Crippen LogP contribution in [0.25, 0.3) is 6.08 Å². The molecule has 0 N–H and O–H groups in total. The van der Waals surface area contributed by atoms with E-state index in [1.54, 1.807) is 31.4 Å². The number of rotatable bonds is 4. The average Bonchev–Trinajstić information content (AvgIpc) is 2.85. The third-order valence-electron chi connectivity index (χ3n) is 3.37. The summed E-state index contributed by atoms with van der Waals surface area (Å²) in [6.07, 6.45) is 1.73. The van der Waals surface area contributed by atoms with E-state index in [-0.39, 0.29) is 5.78 Å². The quantitative estimate of drug-likeness (QED) is 0.807. The van der Waals surface area contributed by atoms with Crippen LogP contribution in [-0.2, 0) is 0 Å². The summed E-state index contributed by atoms with van der Waals surface area (Å²) in [5.74, 6) is 2.19. The van der Waals surface area contributed by atoms with Gasteiger partial charge < -0.3 is 14.2 Å². The van der Waals surface area contributed by atoms with Crippen molar-refractivity contribution in [3.05, 3.63) is 59.4 Å². The van der Waals surface area contributed by atoms with Crippen LogP contribution < -0.4 is 14.2 Å². The van der Waals surface area contributed by atoms with Crippen LogP contribution in [0.3, 0.4) is 0 Å². The number of benzene rings is 2. The van der Waals surface area contributed by atoms with Gasteiger partial charge in [-0.05, 0) is 42.8 Å². The maximum absolute atomic E-state index is 12.3. The number of methoxy groups -OCH3 is 1. The minimum atomic E-state index is -0.119. The fourth-order valence-corrected chi connectivity index (χ4v) is 2.27. The summed E-state index contributed by atoms with van der Waals surface area (Å²) < 4.78 is 16.2. The van der Waals surface area contributed by atoms with Crippen molar-refractivity contribution in [1.29, 1.82) is 0 Å². The molecule has 2 aromatic carbocycles. The van der Waals surface area contributed by atoms with Crippen LogP contribution in [0.1, 0.15) is 22.8 Å². The fourth-order valence-electron chi connectivity index (χ4n) is 2.27. The standard InChI is InChI=1S/C18H16O4/c1-3-21-13-6-4-12(5-7-13)10-17-18(19)15-9-8-14(20-2)11-16(15)22-17/h4-11H,3H2,1-2H3/b17-10-. The fraction of sp³-hybridized carbons (Fsp3) is 0.167. The van der Waals surface area contributed by atoms with Crippen LogP contribution in [0.2, 0.25) is 0 Å². The maximum Gasteiger partial charge on any atom is 0.231 e. The number of carbonyl (C=O) groups is 1. The lowest BCUT2D eigenvalue weighted by molar-refractivity contribution is 0.101. The first-order valence-electron chi connectivity index (χ1n) is 7.06. The first-order chi connectivity index (χ1) is 10.7. The molecule has 0 aromatic heterocycles. The lowest BCUT2D eigenvalue weighted by atomic mass is 10.1. The molecule has 0 fully saturated rings. The van der Waals surface area contributed by atoms with E-state index >= 15 is 0 Å². The first kappa shape index (κ1) is 14.2. The van der Waals surface area contributed by atoms with Gasteiger partial charge in [0.05, 0.1) is 19.3 Å². The van der Waals surface area contributed by atoms with Crippen molar-refractivity contribution in [2.45, 2.75) is 6.92 Å². The molecule has 0 saturated heterocycles. The topological polar surface area (TPSA) is 44.8 Å². The number of hydrogen-bond acceptors (Lipinski definition) is 4. The number of hydrogen-bond donors (Lipinski definition) is 0. The number of carbonyl (C=O) groups excluding carboxylic acids is 1. The smallest absolute Gasteiger partial charge is 0.231 e. The molecule has 4 nitrogen and oxygen atoms in total. The molecule has 112 valence electrons. The second kappa shape index (κ2) is 5.93. The van der Waals surface area contributed by atoms with Crippen molar-refractivity contribution < 1.29 is 19.0 Å². The zero-order valence-corrected chi connectivity index (χ0v) is 12.5. The molecule has 0 aliphatic carbocycles. The van der Waals surface area contributed by atoms with Crippen LogP contribution in [0.5, 0.6) is 17.2 Å². The molecule has 0 bridgehead atoms. The molecule has 22 heavy (non-hydrogen) atoms. The zero-order valence-electron chi connectivity index (χ0n) is 12.5. The van der Waals surface area contributed by atoms with Gasteiger partial charge in [0.15, 0.2) is 5.76 Å². The van der Waals surface area contributed by atoms with E-state index in [2.05, 4.69) is 0 Å². The van der Waals surface area contributed by atoms with Crippen molar-refractivity contribution >= 4 is 11.9 Å². The monoisotopic (exact) mass is 296 g/mol. The third kappa shape index (κ3) is 2.68. The number of ether oxygens (including phenoxy) is 3. The Kier molecular flexibility index (Phi) is 3.83. The molecular weight excluding hydrogens is 280 g/mol. The molecule has 1 aliphatic rings. The van der Waals surface area contributed by atoms with E-state index in [1.165, 1.54) is 0 Å². The lowest BCUT2D eigenvalue weighted by Gasteiger charge is -2.03. The highest BCUT2D eigenvalue weighted by Crippen LogP contribution is 2.34. The minimum Gasteiger partial charge on any atom is -0.497 e. The Morgan fingerprint density at radius 2 is 1.82 bits per heavy atom. The van der Waals surface area contributed by atoms with Gasteiger partial charge in [-0.15, -0.1) is 0 Å². The molecule has 0 amide bonds. The molecular formula is C18H16O4. The normalized spacial score (nSPS) is 14.6. The second-order valence-electron chi connectivity index (χ2n) is 4.80. The summed E-state index contributed by atoms with van der Waals surface area (Å²) in [4.78, 5) is 12.3. The molecule has 0 radical (unpaired) electrons. The van der Waals surface area contributed by atoms with Gasteiger partial charge in [0, 0.05) is 6.07 Å². The van der Waals surface area contributed by atoms with Crippen molar-refractivity contribution in [2.24, 2.45) is 0 Å². The van der Waals surface area contributed by atoms with Crippen molar-refractivity contribution in [2.75, 3.05) is 13.7 Å². The maximum atomic E-state index is 12.3. The SMILES string of the molecule is CCOc1ccc(/C=C2\Oc3cc(OC)ccc3C2=O)cc1. The number of fused-ring (bicyclic) bond motifs is 1. The van der Waals surface area contributed by atoms with Gasteiger partial charge in [-0.2, -0.15) is 0 Å². The van der Waals surface area contributed by atoms with E-state index < -0.39 is 0 Å². The number of ketones is 1. The van der Waals surface area contributed by atoms with Crippen LogP contribution in [0, 0.1) is 0 Å². The first-order valence-corrected chi connectivity index (χ1v) is 7.06. The molecule has 0 unspecified atom stereocenters. The molecule has 1 aliphatic heterocycles. The number of allylic oxidation sites excluding steroid dienone is 1. The Hall–Kier alpha value is -2.75. The van der Waals surface area contributed by atoms with Crippen molar-refractivity contribution in [3.63, 3.8) is 0 Å². The average molecular weight is 296 g/mol. The minimum absolute atomic E-state index is 0.119. The largest absolute Gasteiger partial charge is 0.497 e. The molecule has 4 heteroatoms. The Bertz CT molecular complexity index is 729. The summed E-state index contributed by atoms with van der Waals surface area (Å²) in [7, 11) is 1.58. The van der Waals surface area contributed by atoms with E-state index in [0.717, 1.165) is 11.3 Å². The Labute approximate surface area is 128 Å². The molecule has 3 rings (SSSR count). The van der Waals surface area contributed by atoms with Gasteiger partial charge in [-0.25, -0.2) is 0 Å². The Morgan fingerprint density at radius 1 is 1.09 bits per heavy atom. The van der Waals surface area contributed by atoms with E-state index in [0.29, 0.717) is 29.4 Å². The summed E-state index contributed by atoms with van der Waals surface area (Å²) >= 11 is 0.